The van der Waals surface area contributed by atoms with Gasteiger partial charge >= 0.3 is 0 Å². The second-order valence-electron chi connectivity index (χ2n) is 5.06. The first-order chi connectivity index (χ1) is 10.3. The molecule has 0 bridgehead atoms. The molecule has 1 unspecified atom stereocenters. The predicted octanol–water partition coefficient (Wildman–Crippen LogP) is 3.55. The molecule has 0 radical (unpaired) electrons. The minimum absolute atomic E-state index is 0.241. The fourth-order valence-corrected chi connectivity index (χ4v) is 2.37. The van der Waals surface area contributed by atoms with Crippen LogP contribution in [0.5, 0.6) is 5.75 Å². The molecule has 0 spiro atoms. The lowest BCUT2D eigenvalue weighted by Crippen LogP contribution is -2.19. The van der Waals surface area contributed by atoms with E-state index in [1.165, 1.54) is 11.1 Å². The van der Waals surface area contributed by atoms with E-state index >= 15 is 0 Å². The van der Waals surface area contributed by atoms with Crippen LogP contribution in [-0.4, -0.2) is 18.6 Å². The van der Waals surface area contributed by atoms with E-state index in [1.807, 2.05) is 32.3 Å². The maximum Gasteiger partial charge on any atom is 0.119 e. The number of rotatable bonds is 7. The van der Waals surface area contributed by atoms with E-state index < -0.39 is 0 Å². The van der Waals surface area contributed by atoms with Crippen LogP contribution < -0.4 is 10.1 Å². The molecule has 0 fully saturated rings. The van der Waals surface area contributed by atoms with Gasteiger partial charge in [0, 0.05) is 24.4 Å². The zero-order valence-corrected chi connectivity index (χ0v) is 13.1. The van der Waals surface area contributed by atoms with Gasteiger partial charge in [-0.1, -0.05) is 25.1 Å². The number of benzene rings is 1. The quantitative estimate of drug-likeness (QED) is 0.844. The molecule has 0 aliphatic heterocycles. The van der Waals surface area contributed by atoms with Gasteiger partial charge in [-0.05, 0) is 49.7 Å². The van der Waals surface area contributed by atoms with Gasteiger partial charge in [0.1, 0.15) is 5.75 Å². The van der Waals surface area contributed by atoms with Crippen molar-refractivity contribution < 1.29 is 4.74 Å². The molecule has 0 aliphatic rings. The third-order valence-electron chi connectivity index (χ3n) is 3.63. The Morgan fingerprint density at radius 3 is 2.67 bits per heavy atom. The van der Waals surface area contributed by atoms with Crippen LogP contribution in [0.3, 0.4) is 0 Å². The molecule has 3 nitrogen and oxygen atoms in total. The van der Waals surface area contributed by atoms with Crippen LogP contribution in [0.2, 0.25) is 0 Å². The van der Waals surface area contributed by atoms with Gasteiger partial charge in [0.2, 0.25) is 0 Å². The number of ether oxygens (including phenoxy) is 1. The van der Waals surface area contributed by atoms with Crippen molar-refractivity contribution in [1.29, 1.82) is 0 Å². The van der Waals surface area contributed by atoms with E-state index in [-0.39, 0.29) is 6.04 Å². The van der Waals surface area contributed by atoms with Gasteiger partial charge in [-0.25, -0.2) is 0 Å². The molecular formula is C18H24N2O. The number of hydrogen-bond donors (Lipinski definition) is 1. The summed E-state index contributed by atoms with van der Waals surface area (Å²) in [6.45, 7) is 4.83. The molecule has 1 aromatic carbocycles. The van der Waals surface area contributed by atoms with Crippen LogP contribution in [0.1, 0.15) is 36.7 Å². The molecule has 0 aliphatic carbocycles. The third kappa shape index (κ3) is 4.30. The van der Waals surface area contributed by atoms with Crippen LogP contribution in [0.15, 0.2) is 42.6 Å². The summed E-state index contributed by atoms with van der Waals surface area (Å²) >= 11 is 0. The topological polar surface area (TPSA) is 34.1 Å². The predicted molar refractivity (Wildman–Crippen MR) is 86.7 cm³/mol. The Hall–Kier alpha value is -1.87. The van der Waals surface area contributed by atoms with Crippen LogP contribution in [0.4, 0.5) is 0 Å². The van der Waals surface area contributed by atoms with Crippen LogP contribution >= 0.6 is 0 Å². The number of pyridine rings is 1. The Morgan fingerprint density at radius 2 is 2.05 bits per heavy atom. The smallest absolute Gasteiger partial charge is 0.119 e. The van der Waals surface area contributed by atoms with Crippen molar-refractivity contribution in [2.24, 2.45) is 0 Å². The molecule has 2 aromatic rings. The number of nitrogens with zero attached hydrogens (tertiary/aromatic N) is 1. The van der Waals surface area contributed by atoms with Crippen molar-refractivity contribution in [3.63, 3.8) is 0 Å². The Kier molecular flexibility index (Phi) is 5.76. The highest BCUT2D eigenvalue weighted by Gasteiger charge is 2.11. The second-order valence-corrected chi connectivity index (χ2v) is 5.06. The lowest BCUT2D eigenvalue weighted by Gasteiger charge is -2.17. The molecule has 1 N–H and O–H groups in total. The largest absolute Gasteiger partial charge is 0.494 e. The first kappa shape index (κ1) is 15.5. The molecule has 0 saturated heterocycles. The van der Waals surface area contributed by atoms with E-state index in [2.05, 4.69) is 41.5 Å². The highest BCUT2D eigenvalue weighted by molar-refractivity contribution is 5.31. The van der Waals surface area contributed by atoms with Gasteiger partial charge in [-0.2, -0.15) is 0 Å². The van der Waals surface area contributed by atoms with E-state index in [9.17, 15) is 0 Å². The summed E-state index contributed by atoms with van der Waals surface area (Å²) in [6.07, 6.45) is 3.87. The van der Waals surface area contributed by atoms with Gasteiger partial charge < -0.3 is 10.1 Å². The zero-order chi connectivity index (χ0) is 15.1. The highest BCUT2D eigenvalue weighted by atomic mass is 16.5. The maximum absolute atomic E-state index is 5.58. The highest BCUT2D eigenvalue weighted by Crippen LogP contribution is 2.22. The summed E-state index contributed by atoms with van der Waals surface area (Å²) in [7, 11) is 1.98. The second kappa shape index (κ2) is 7.79. The molecular weight excluding hydrogens is 260 g/mol. The molecule has 1 atom stereocenters. The first-order valence-electron chi connectivity index (χ1n) is 7.60. The van der Waals surface area contributed by atoms with Crippen molar-refractivity contribution >= 4 is 0 Å². The lowest BCUT2D eigenvalue weighted by atomic mass is 10.0. The molecule has 3 heteroatoms. The number of hydrogen-bond acceptors (Lipinski definition) is 3. The molecule has 1 aromatic heterocycles. The van der Waals surface area contributed by atoms with Crippen LogP contribution in [-0.2, 0) is 12.8 Å². The van der Waals surface area contributed by atoms with Gasteiger partial charge in [0.05, 0.1) is 6.61 Å². The summed E-state index contributed by atoms with van der Waals surface area (Å²) < 4.78 is 5.58. The molecule has 21 heavy (non-hydrogen) atoms. The van der Waals surface area contributed by atoms with E-state index in [4.69, 9.17) is 4.74 Å². The summed E-state index contributed by atoms with van der Waals surface area (Å²) in [6, 6.07) is 12.8. The van der Waals surface area contributed by atoms with Crippen molar-refractivity contribution in [2.45, 2.75) is 32.7 Å². The molecule has 2 rings (SSSR count). The Morgan fingerprint density at radius 1 is 1.19 bits per heavy atom. The SMILES string of the molecule is CCOc1cccc(C(Cc2ccc(CC)cn2)NC)c1. The number of likely N-dealkylation sites (N-methyl/N-ethyl adjacent to an activating group) is 1. The number of aromatic nitrogens is 1. The van der Waals surface area contributed by atoms with E-state index in [1.54, 1.807) is 0 Å². The van der Waals surface area contributed by atoms with Crippen molar-refractivity contribution in [3.8, 4) is 5.75 Å². The Balaban J connectivity index is 2.12. The monoisotopic (exact) mass is 284 g/mol. The van der Waals surface area contributed by atoms with Crippen molar-refractivity contribution in [3.05, 3.63) is 59.4 Å². The fraction of sp³-hybridized carbons (Fsp3) is 0.389. The Labute approximate surface area is 127 Å². The normalized spacial score (nSPS) is 12.1. The van der Waals surface area contributed by atoms with Crippen molar-refractivity contribution in [2.75, 3.05) is 13.7 Å². The van der Waals surface area contributed by atoms with Crippen LogP contribution in [0, 0.1) is 0 Å². The zero-order valence-electron chi connectivity index (χ0n) is 13.1. The maximum atomic E-state index is 5.58. The Bertz CT molecular complexity index is 551. The fourth-order valence-electron chi connectivity index (χ4n) is 2.37. The van der Waals surface area contributed by atoms with Gasteiger partial charge in [-0.3, -0.25) is 4.98 Å². The summed E-state index contributed by atoms with van der Waals surface area (Å²) in [5.41, 5.74) is 3.61. The summed E-state index contributed by atoms with van der Waals surface area (Å²) in [5, 5.41) is 3.37. The lowest BCUT2D eigenvalue weighted by molar-refractivity contribution is 0.339. The number of nitrogens with one attached hydrogen (secondary N) is 1. The van der Waals surface area contributed by atoms with E-state index in [0.717, 1.165) is 24.3 Å². The third-order valence-corrected chi connectivity index (χ3v) is 3.63. The number of aryl methyl sites for hydroxylation is 1. The van der Waals surface area contributed by atoms with Gasteiger partial charge in [0.15, 0.2) is 0 Å². The molecule has 112 valence electrons. The molecule has 0 amide bonds. The minimum Gasteiger partial charge on any atom is -0.494 e. The van der Waals surface area contributed by atoms with Crippen LogP contribution in [0.25, 0.3) is 0 Å². The average molecular weight is 284 g/mol. The standard InChI is InChI=1S/C18H24N2O/c1-4-14-9-10-16(20-13-14)12-18(19-3)15-7-6-8-17(11-15)21-5-2/h6-11,13,18-19H,4-5,12H2,1-3H3. The summed E-state index contributed by atoms with van der Waals surface area (Å²) in [4.78, 5) is 4.55. The van der Waals surface area contributed by atoms with Gasteiger partial charge in [-0.15, -0.1) is 0 Å². The van der Waals surface area contributed by atoms with Crippen molar-refractivity contribution in [1.82, 2.24) is 10.3 Å². The first-order valence-corrected chi connectivity index (χ1v) is 7.60. The molecule has 0 saturated carbocycles. The van der Waals surface area contributed by atoms with Gasteiger partial charge in [0.25, 0.3) is 0 Å². The summed E-state index contributed by atoms with van der Waals surface area (Å²) in [5.74, 6) is 0.921. The average Bonchev–Trinajstić information content (AvgIpc) is 2.54. The molecule has 1 heterocycles. The van der Waals surface area contributed by atoms with E-state index in [0.29, 0.717) is 6.61 Å². The minimum atomic E-state index is 0.241.